The average molecular weight is 825 g/mol. The van der Waals surface area contributed by atoms with Gasteiger partial charge in [0.2, 0.25) is 12.3 Å². The van der Waals surface area contributed by atoms with Crippen LogP contribution < -0.4 is 8.90 Å². The minimum atomic E-state index is -4.29. The van der Waals surface area contributed by atoms with Gasteiger partial charge in [0.25, 0.3) is 0 Å². The number of pyridine rings is 1. The maximum absolute atomic E-state index is 12.8. The van der Waals surface area contributed by atoms with E-state index in [1.54, 1.807) is 6.20 Å². The van der Waals surface area contributed by atoms with Gasteiger partial charge in [0.05, 0.1) is 11.7 Å². The van der Waals surface area contributed by atoms with Crippen LogP contribution >= 0.6 is 11.6 Å². The van der Waals surface area contributed by atoms with Crippen LogP contribution in [0.3, 0.4) is 0 Å². The van der Waals surface area contributed by atoms with Crippen LogP contribution in [0.4, 0.5) is 13.2 Å². The van der Waals surface area contributed by atoms with E-state index in [1.807, 2.05) is 36.7 Å². The number of esters is 1. The molecule has 1 unspecified atom stereocenters. The molecule has 0 spiro atoms. The van der Waals surface area contributed by atoms with Crippen molar-refractivity contribution < 1.29 is 36.3 Å². The van der Waals surface area contributed by atoms with Crippen molar-refractivity contribution in [3.05, 3.63) is 65.6 Å². The van der Waals surface area contributed by atoms with Gasteiger partial charge in [0.15, 0.2) is 5.76 Å². The zero-order chi connectivity index (χ0) is 36.3. The Morgan fingerprint density at radius 3 is 2.36 bits per heavy atom. The van der Waals surface area contributed by atoms with Gasteiger partial charge in [-0.05, 0) is 38.1 Å². The van der Waals surface area contributed by atoms with E-state index in [-0.39, 0.29) is 29.9 Å². The molecular weight excluding hydrogens is 782 g/mol. The van der Waals surface area contributed by atoms with E-state index in [4.69, 9.17) is 25.2 Å². The van der Waals surface area contributed by atoms with E-state index in [0.717, 1.165) is 67.2 Å². The molecule has 3 aromatic heterocycles. The predicted molar refractivity (Wildman–Crippen MR) is 187 cm³/mol. The van der Waals surface area contributed by atoms with Crippen molar-refractivity contribution in [1.29, 1.82) is 0 Å². The number of aromatic nitrogens is 2. The number of nitrogens with zero attached hydrogens (tertiary/aromatic N) is 4. The summed E-state index contributed by atoms with van der Waals surface area (Å²) in [5.74, 6) is 1.99. The fraction of sp³-hybridized carbons (Fsp3) is 0.486. The molecule has 6 rings (SSSR count). The zero-order valence-corrected chi connectivity index (χ0v) is 32.5. The molecule has 1 N–H and O–H groups in total. The second-order valence-corrected chi connectivity index (χ2v) is 29.1. The van der Waals surface area contributed by atoms with Gasteiger partial charge >= 0.3 is 166 Å². The van der Waals surface area contributed by atoms with E-state index in [0.29, 0.717) is 17.3 Å². The van der Waals surface area contributed by atoms with Gasteiger partial charge in [-0.15, -0.1) is 0 Å². The molecule has 2 fully saturated rings. The number of carbonyl (C=O) groups is 2. The molecule has 4 aromatic rings. The van der Waals surface area contributed by atoms with Crippen molar-refractivity contribution >= 4 is 56.9 Å². The van der Waals surface area contributed by atoms with Gasteiger partial charge in [-0.25, -0.2) is 4.98 Å². The van der Waals surface area contributed by atoms with Gasteiger partial charge in [0.1, 0.15) is 6.54 Å². The molecule has 0 aliphatic carbocycles. The molecule has 0 saturated carbocycles. The van der Waals surface area contributed by atoms with Crippen molar-refractivity contribution in [2.45, 2.75) is 59.3 Å². The van der Waals surface area contributed by atoms with Crippen molar-refractivity contribution in [1.82, 2.24) is 25.1 Å². The molecular formula is C35H43ClF3N5O5Sn. The standard InChI is InChI=1S/C29H30ClN4O4.C3H4F3NO.3CH3.Sn/c1-29(2,28-32-17-26(38-28)19-3-5-22(30)6-4-19)34-11-9-33(10-12-34)18-24-14-20(27(35)37-24)13-23-15-21-16-31-8-7-25(21)36-23;4-3(5,6)1-7-2-8;;;;/h3-6,8,15-17,20,24H,9-14,18H2,1-2H3;2H,1H2,(H,7,8);3*1H3;/t20?,24-;;;;;/m0...../s1. The number of piperazine rings is 1. The van der Waals surface area contributed by atoms with Crippen LogP contribution in [0.2, 0.25) is 19.8 Å². The monoisotopic (exact) mass is 825 g/mol. The van der Waals surface area contributed by atoms with Crippen LogP contribution in [-0.2, 0) is 26.3 Å². The molecule has 270 valence electrons. The molecule has 2 aliphatic rings. The molecule has 10 nitrogen and oxygen atoms in total. The number of cyclic esters (lactones) is 1. The number of oxazole rings is 1. The molecule has 0 radical (unpaired) electrons. The predicted octanol–water partition coefficient (Wildman–Crippen LogP) is 6.00. The van der Waals surface area contributed by atoms with Crippen LogP contribution in [0.5, 0.6) is 0 Å². The molecule has 2 aliphatic heterocycles. The van der Waals surface area contributed by atoms with Crippen molar-refractivity contribution in [2.24, 2.45) is 5.92 Å². The van der Waals surface area contributed by atoms with E-state index < -0.39 is 31.1 Å². The Morgan fingerprint density at radius 1 is 1.04 bits per heavy atom. The topological polar surface area (TPSA) is 114 Å². The SMILES string of the molecule is CC(C)(c1ncc(-c2ccc(Cl)cc2)o1)N1CCN(C[C@@H]2CC(Cc3cc4cnc[c]([Sn]([CH3])([CH3])[CH3])c4o3)C(=O)O2)CC1.O=CNCC(F)(F)F. The Labute approximate surface area is 298 Å². The van der Waals surface area contributed by atoms with Crippen LogP contribution in [0.25, 0.3) is 22.3 Å². The number of hydrogen-bond donors (Lipinski definition) is 1. The van der Waals surface area contributed by atoms with Gasteiger partial charge in [-0.3, -0.25) is 9.69 Å². The Hall–Kier alpha value is -3.14. The number of ether oxygens (including phenoxy) is 1. The summed E-state index contributed by atoms with van der Waals surface area (Å²) in [4.78, 5) is 43.0. The number of carbonyl (C=O) groups excluding carboxylic acids is 2. The van der Waals surface area contributed by atoms with Crippen molar-refractivity contribution in [2.75, 3.05) is 39.3 Å². The molecule has 1 aromatic carbocycles. The van der Waals surface area contributed by atoms with Crippen molar-refractivity contribution in [3.8, 4) is 11.3 Å². The Morgan fingerprint density at radius 2 is 1.74 bits per heavy atom. The number of amides is 1. The fourth-order valence-corrected chi connectivity index (χ4v) is 10.2. The van der Waals surface area contributed by atoms with E-state index in [1.165, 1.54) is 8.90 Å². The summed E-state index contributed by atoms with van der Waals surface area (Å²) >= 11 is 3.66. The Balaban J connectivity index is 0.000000544. The van der Waals surface area contributed by atoms with Gasteiger partial charge in [-0.2, -0.15) is 13.2 Å². The first-order valence-electron chi connectivity index (χ1n) is 16.5. The van der Waals surface area contributed by atoms with Crippen LogP contribution in [0.15, 0.2) is 57.8 Å². The third-order valence-corrected chi connectivity index (χ3v) is 14.9. The van der Waals surface area contributed by atoms with Gasteiger partial charge in [-0.1, -0.05) is 11.6 Å². The number of halogens is 4. The summed E-state index contributed by atoms with van der Waals surface area (Å²) in [5, 5.41) is 3.21. The van der Waals surface area contributed by atoms with Crippen LogP contribution in [0, 0.1) is 5.92 Å². The summed E-state index contributed by atoms with van der Waals surface area (Å²) in [6, 6.07) is 9.65. The summed E-state index contributed by atoms with van der Waals surface area (Å²) in [7, 11) is 0. The second-order valence-electron chi connectivity index (χ2n) is 14.3. The molecule has 5 heterocycles. The minimum absolute atomic E-state index is 0.00743. The quantitative estimate of drug-likeness (QED) is 0.117. The molecule has 2 atom stereocenters. The summed E-state index contributed by atoms with van der Waals surface area (Å²) in [5.41, 5.74) is 1.57. The third-order valence-electron chi connectivity index (χ3n) is 9.06. The number of nitrogens with one attached hydrogen (secondary N) is 1. The molecule has 15 heteroatoms. The first-order chi connectivity index (χ1) is 23.5. The first-order valence-corrected chi connectivity index (χ1v) is 26.9. The van der Waals surface area contributed by atoms with E-state index >= 15 is 0 Å². The Bertz CT molecular complexity index is 1760. The van der Waals surface area contributed by atoms with Gasteiger partial charge < -0.3 is 9.73 Å². The number of benzene rings is 1. The molecule has 50 heavy (non-hydrogen) atoms. The number of alkyl halides is 3. The number of hydrogen-bond acceptors (Lipinski definition) is 9. The van der Waals surface area contributed by atoms with Crippen LogP contribution in [-0.4, -0.2) is 102 Å². The van der Waals surface area contributed by atoms with E-state index in [2.05, 4.69) is 54.5 Å². The summed E-state index contributed by atoms with van der Waals surface area (Å²) in [6.07, 6.45) is 2.53. The molecule has 0 bridgehead atoms. The maximum atomic E-state index is 12.8. The van der Waals surface area contributed by atoms with Crippen LogP contribution in [0.1, 0.15) is 31.9 Å². The van der Waals surface area contributed by atoms with Crippen molar-refractivity contribution in [3.63, 3.8) is 0 Å². The van der Waals surface area contributed by atoms with Gasteiger partial charge in [0, 0.05) is 10.6 Å². The molecule has 2 saturated heterocycles. The Kier molecular flexibility index (Phi) is 11.9. The normalized spacial score (nSPS) is 19.3. The molecule has 1 amide bonds. The zero-order valence-electron chi connectivity index (χ0n) is 28.8. The summed E-state index contributed by atoms with van der Waals surface area (Å²) < 4.78 is 52.7. The first kappa shape index (κ1) is 38.1. The van der Waals surface area contributed by atoms with E-state index in [9.17, 15) is 22.8 Å². The fourth-order valence-electron chi connectivity index (χ4n) is 6.27. The number of rotatable bonds is 10. The minimum Gasteiger partial charge on any atom is -0.350 e. The smallest absolute Gasteiger partial charge is 0.350 e. The number of fused-ring (bicyclic) bond motifs is 1. The summed E-state index contributed by atoms with van der Waals surface area (Å²) in [6.45, 7) is 7.36. The number of furan rings is 1. The second kappa shape index (κ2) is 15.6. The average Bonchev–Trinajstić information content (AvgIpc) is 3.79. The third kappa shape index (κ3) is 9.59.